The number of ether oxygens (including phenoxy) is 3. The first-order valence-electron chi connectivity index (χ1n) is 19.5. The average Bonchev–Trinajstić information content (AvgIpc) is 3.81. The number of methoxy groups -OCH3 is 2. The summed E-state index contributed by atoms with van der Waals surface area (Å²) < 4.78 is 30.0. The number of terminal acetylenes is 1. The molecule has 292 valence electrons. The molecule has 11 nitrogen and oxygen atoms in total. The molecule has 0 spiro atoms. The van der Waals surface area contributed by atoms with Crippen LogP contribution >= 0.6 is 0 Å². The zero-order chi connectivity index (χ0) is 38.7. The molecule has 3 aromatic rings. The zero-order valence-electron chi connectivity index (χ0n) is 32.5. The largest absolute Gasteiger partial charge is 0.467 e. The van der Waals surface area contributed by atoms with Crippen molar-refractivity contribution in [2.45, 2.75) is 76.5 Å². The minimum Gasteiger partial charge on any atom is -0.467 e. The van der Waals surface area contributed by atoms with Gasteiger partial charge in [-0.1, -0.05) is 42.3 Å². The van der Waals surface area contributed by atoms with Crippen LogP contribution in [0.15, 0.2) is 48.6 Å². The van der Waals surface area contributed by atoms with Gasteiger partial charge in [-0.05, 0) is 55.7 Å². The van der Waals surface area contributed by atoms with Crippen molar-refractivity contribution >= 4 is 22.5 Å². The zero-order valence-corrected chi connectivity index (χ0v) is 32.5. The molecule has 0 N–H and O–H groups in total. The fourth-order valence-corrected chi connectivity index (χ4v) is 8.44. The first-order chi connectivity index (χ1) is 26.8. The summed E-state index contributed by atoms with van der Waals surface area (Å²) in [6.45, 7) is 9.06. The highest BCUT2D eigenvalue weighted by Gasteiger charge is 2.35. The topological polar surface area (TPSA) is 107 Å². The summed E-state index contributed by atoms with van der Waals surface area (Å²) in [4.78, 5) is 31.2. The molecule has 3 unspecified atom stereocenters. The maximum Gasteiger partial charge on any atom is 0.318 e. The Bertz CT molecular complexity index is 1860. The molecule has 3 atom stereocenters. The Kier molecular flexibility index (Phi) is 14.1. The summed E-state index contributed by atoms with van der Waals surface area (Å²) in [6.07, 6.45) is 15.2. The predicted octanol–water partition coefficient (Wildman–Crippen LogP) is 5.47. The molecule has 4 saturated heterocycles. The highest BCUT2D eigenvalue weighted by molar-refractivity contribution is 5.91. The van der Waals surface area contributed by atoms with Crippen LogP contribution in [0.3, 0.4) is 0 Å². The van der Waals surface area contributed by atoms with E-state index in [1.807, 2.05) is 29.2 Å². The summed E-state index contributed by atoms with van der Waals surface area (Å²) >= 11 is 0. The summed E-state index contributed by atoms with van der Waals surface area (Å²) in [5.41, 5.74) is 3.82. The Morgan fingerprint density at radius 3 is 2.49 bits per heavy atom. The molecule has 5 aliphatic heterocycles. The van der Waals surface area contributed by atoms with Crippen LogP contribution < -0.4 is 9.64 Å². The number of alkyl halides is 1. The van der Waals surface area contributed by atoms with E-state index >= 15 is 0 Å². The summed E-state index contributed by atoms with van der Waals surface area (Å²) in [7, 11) is 3.37. The third-order valence-corrected chi connectivity index (χ3v) is 11.3. The van der Waals surface area contributed by atoms with Gasteiger partial charge in [-0.15, -0.1) is 6.42 Å². The molecule has 0 saturated carbocycles. The van der Waals surface area contributed by atoms with Crippen LogP contribution in [0.25, 0.3) is 10.8 Å². The van der Waals surface area contributed by atoms with Gasteiger partial charge in [-0.25, -0.2) is 4.39 Å². The number of likely N-dealkylation sites (tertiary alicyclic amines) is 1. The van der Waals surface area contributed by atoms with E-state index in [1.54, 1.807) is 26.4 Å². The highest BCUT2D eigenvalue weighted by Crippen LogP contribution is 2.38. The van der Waals surface area contributed by atoms with E-state index < -0.39 is 6.17 Å². The van der Waals surface area contributed by atoms with E-state index in [-0.39, 0.29) is 12.0 Å². The van der Waals surface area contributed by atoms with Gasteiger partial charge in [0, 0.05) is 101 Å². The lowest BCUT2D eigenvalue weighted by atomic mass is 9.92. The molecular formula is C43H54FN7O4. The summed E-state index contributed by atoms with van der Waals surface area (Å²) in [6, 6.07) is 14.9. The van der Waals surface area contributed by atoms with E-state index in [2.05, 4.69) is 38.8 Å². The van der Waals surface area contributed by atoms with Gasteiger partial charge in [0.15, 0.2) is 0 Å². The highest BCUT2D eigenvalue weighted by atomic mass is 19.1. The van der Waals surface area contributed by atoms with Gasteiger partial charge in [-0.3, -0.25) is 14.6 Å². The Balaban J connectivity index is 0.000000365. The van der Waals surface area contributed by atoms with Crippen molar-refractivity contribution in [1.29, 1.82) is 5.26 Å². The first-order valence-corrected chi connectivity index (χ1v) is 19.5. The van der Waals surface area contributed by atoms with E-state index in [0.29, 0.717) is 63.9 Å². The Labute approximate surface area is 325 Å². The number of aromatic nitrogens is 2. The smallest absolute Gasteiger partial charge is 0.318 e. The SMILES string of the molecule is C#Cc1cccc2cccc(C3Cc4nc(OC)nc(N5CCN(C(=O)/C=C/CN6CCC(OC)CC6)CC5)c4CO3)c12.CC#N.FC1CC2CCCN2C1. The van der Waals surface area contributed by atoms with E-state index in [4.69, 9.17) is 35.9 Å². The summed E-state index contributed by atoms with van der Waals surface area (Å²) in [5, 5.41) is 9.46. The van der Waals surface area contributed by atoms with E-state index in [9.17, 15) is 9.18 Å². The van der Waals surface area contributed by atoms with Gasteiger partial charge in [-0.2, -0.15) is 15.2 Å². The van der Waals surface area contributed by atoms with Crippen molar-refractivity contribution in [3.63, 3.8) is 0 Å². The van der Waals surface area contributed by atoms with E-state index in [0.717, 1.165) is 84.4 Å². The fraction of sp³-hybridized carbons (Fsp3) is 0.535. The Morgan fingerprint density at radius 2 is 1.80 bits per heavy atom. The molecule has 1 aromatic heterocycles. The second-order valence-corrected chi connectivity index (χ2v) is 14.7. The van der Waals surface area contributed by atoms with Gasteiger partial charge in [0.2, 0.25) is 5.91 Å². The number of hydrogen-bond donors (Lipinski definition) is 0. The number of piperazine rings is 1. The van der Waals surface area contributed by atoms with Crippen LogP contribution in [-0.2, 0) is 27.3 Å². The monoisotopic (exact) mass is 751 g/mol. The third kappa shape index (κ3) is 9.81. The molecule has 0 bridgehead atoms. The standard InChI is InChI=1S/C34H39N5O4.C7H12FN.C2H3N/c1-4-24-8-5-9-25-10-6-11-27(32(24)25)30-22-29-28(23-43-30)33(36-34(35-29)42-3)39-20-18-38(19-21-39)31(40)12-7-15-37-16-13-26(41-2)14-17-37;8-6-4-7-2-1-3-9(7)5-6;1-2-3/h1,5-12,26,30H,13-23H2,2-3H3;6-7H,1-5H2;1H3/b12-7+;;. The number of rotatable bonds is 7. The first kappa shape index (κ1) is 40.1. The molecule has 8 rings (SSSR count). The normalized spacial score (nSPS) is 22.8. The molecule has 55 heavy (non-hydrogen) atoms. The quantitative estimate of drug-likeness (QED) is 0.228. The average molecular weight is 752 g/mol. The molecule has 2 aromatic carbocycles. The minimum atomic E-state index is -0.518. The molecule has 12 heteroatoms. The van der Waals surface area contributed by atoms with Gasteiger partial charge in [0.25, 0.3) is 0 Å². The number of fused-ring (bicyclic) bond motifs is 3. The number of amides is 1. The fourth-order valence-electron chi connectivity index (χ4n) is 8.44. The lowest BCUT2D eigenvalue weighted by Crippen LogP contribution is -2.49. The summed E-state index contributed by atoms with van der Waals surface area (Å²) in [5.74, 6) is 3.71. The predicted molar refractivity (Wildman–Crippen MR) is 211 cm³/mol. The van der Waals surface area contributed by atoms with Crippen molar-refractivity contribution < 1.29 is 23.4 Å². The van der Waals surface area contributed by atoms with Crippen LogP contribution in [0.5, 0.6) is 6.01 Å². The number of nitriles is 1. The third-order valence-electron chi connectivity index (χ3n) is 11.3. The molecule has 5 aliphatic rings. The number of nitrogens with zero attached hydrogens (tertiary/aromatic N) is 7. The number of carbonyl (C=O) groups excluding carboxylic acids is 1. The maximum absolute atomic E-state index is 12.9. The minimum absolute atomic E-state index is 0.0568. The molecular weight excluding hydrogens is 698 g/mol. The van der Waals surface area contributed by atoms with Gasteiger partial charge in [0.05, 0.1) is 37.7 Å². The number of halogens is 1. The number of benzene rings is 2. The van der Waals surface area contributed by atoms with Crippen molar-refractivity contribution in [3.05, 3.63) is 70.9 Å². The van der Waals surface area contributed by atoms with Gasteiger partial charge >= 0.3 is 6.01 Å². The molecule has 0 radical (unpaired) electrons. The number of anilines is 1. The van der Waals surface area contributed by atoms with Crippen LogP contribution in [0, 0.1) is 23.7 Å². The van der Waals surface area contributed by atoms with Crippen molar-refractivity contribution in [2.24, 2.45) is 0 Å². The molecule has 1 amide bonds. The van der Waals surface area contributed by atoms with Crippen molar-refractivity contribution in [1.82, 2.24) is 24.7 Å². The lowest BCUT2D eigenvalue weighted by molar-refractivity contribution is -0.126. The van der Waals surface area contributed by atoms with Gasteiger partial charge < -0.3 is 24.0 Å². The van der Waals surface area contributed by atoms with Crippen LogP contribution in [0.2, 0.25) is 0 Å². The molecule has 4 fully saturated rings. The van der Waals surface area contributed by atoms with Crippen LogP contribution in [0.4, 0.5) is 10.2 Å². The van der Waals surface area contributed by atoms with E-state index in [1.165, 1.54) is 19.8 Å². The Morgan fingerprint density at radius 1 is 1.05 bits per heavy atom. The maximum atomic E-state index is 12.9. The second-order valence-electron chi connectivity index (χ2n) is 14.7. The van der Waals surface area contributed by atoms with Crippen molar-refractivity contribution in [3.8, 4) is 24.4 Å². The van der Waals surface area contributed by atoms with Gasteiger partial charge in [0.1, 0.15) is 12.0 Å². The van der Waals surface area contributed by atoms with Crippen molar-refractivity contribution in [2.75, 3.05) is 78.0 Å². The van der Waals surface area contributed by atoms with Crippen LogP contribution in [-0.4, -0.2) is 122 Å². The molecule has 6 heterocycles. The lowest BCUT2D eigenvalue weighted by Gasteiger charge is -2.37. The number of hydrogen-bond acceptors (Lipinski definition) is 10. The van der Waals surface area contributed by atoms with Crippen LogP contribution in [0.1, 0.15) is 67.5 Å². The second kappa shape index (κ2) is 19.3. The number of piperidine rings is 1. The Hall–Kier alpha value is -4.59. The molecule has 0 aliphatic carbocycles. The number of carbonyl (C=O) groups is 1.